The van der Waals surface area contributed by atoms with Crippen LogP contribution in [0.25, 0.3) is 0 Å². The van der Waals surface area contributed by atoms with E-state index < -0.39 is 0 Å². The van der Waals surface area contributed by atoms with Crippen molar-refractivity contribution < 1.29 is 14.0 Å². The summed E-state index contributed by atoms with van der Waals surface area (Å²) < 4.78 is 15.7. The second kappa shape index (κ2) is 8.73. The van der Waals surface area contributed by atoms with E-state index in [1.165, 1.54) is 6.07 Å². The number of benzene rings is 1. The van der Waals surface area contributed by atoms with Gasteiger partial charge in [0.15, 0.2) is 5.82 Å². The molecule has 2 amide bonds. The van der Waals surface area contributed by atoms with E-state index in [2.05, 4.69) is 5.10 Å². The minimum atomic E-state index is -0.277. The first kappa shape index (κ1) is 21.2. The summed E-state index contributed by atoms with van der Waals surface area (Å²) in [5.41, 5.74) is 2.13. The molecule has 0 radical (unpaired) electrons. The summed E-state index contributed by atoms with van der Waals surface area (Å²) in [6.07, 6.45) is 5.68. The Morgan fingerprint density at radius 2 is 2.06 bits per heavy atom. The Kier molecular flexibility index (Phi) is 5.62. The Hall–Kier alpha value is -3.62. The summed E-state index contributed by atoms with van der Waals surface area (Å²) in [7, 11) is 0. The monoisotopic (exact) mass is 448 g/mol. The summed E-state index contributed by atoms with van der Waals surface area (Å²) in [4.78, 5) is 38.6. The molecule has 1 atom stereocenters. The Morgan fingerprint density at radius 3 is 2.85 bits per heavy atom. The molecule has 5 rings (SSSR count). The highest BCUT2D eigenvalue weighted by Crippen LogP contribution is 2.35. The lowest BCUT2D eigenvalue weighted by Gasteiger charge is -2.25. The van der Waals surface area contributed by atoms with E-state index in [9.17, 15) is 14.0 Å². The van der Waals surface area contributed by atoms with Crippen molar-refractivity contribution in [3.8, 4) is 0 Å². The van der Waals surface area contributed by atoms with E-state index in [4.69, 9.17) is 9.97 Å². The van der Waals surface area contributed by atoms with Crippen molar-refractivity contribution in [1.29, 1.82) is 0 Å². The largest absolute Gasteiger partial charge is 0.331 e. The van der Waals surface area contributed by atoms with Crippen LogP contribution in [0.2, 0.25) is 0 Å². The van der Waals surface area contributed by atoms with E-state index in [1.807, 2.05) is 11.8 Å². The number of amides is 2. The van der Waals surface area contributed by atoms with Gasteiger partial charge in [0, 0.05) is 36.7 Å². The van der Waals surface area contributed by atoms with Crippen LogP contribution in [0.3, 0.4) is 0 Å². The smallest absolute Gasteiger partial charge is 0.244 e. The predicted molar refractivity (Wildman–Crippen MR) is 119 cm³/mol. The van der Waals surface area contributed by atoms with Gasteiger partial charge in [-0.2, -0.15) is 5.10 Å². The Morgan fingerprint density at radius 1 is 1.21 bits per heavy atom. The SMILES string of the molecule is Cc1nc([C@@H]2CCCN2C(=O)Cn2cccn2)nc2c1CC(=O)N2CCc1ccccc1F. The molecular weight excluding hydrogens is 423 g/mol. The molecule has 8 nitrogen and oxygen atoms in total. The molecule has 1 saturated heterocycles. The molecular formula is C24H25FN6O2. The summed E-state index contributed by atoms with van der Waals surface area (Å²) in [5, 5.41) is 4.12. The lowest BCUT2D eigenvalue weighted by molar-refractivity contribution is -0.133. The summed E-state index contributed by atoms with van der Waals surface area (Å²) in [5.74, 6) is 0.777. The van der Waals surface area contributed by atoms with Crippen molar-refractivity contribution in [3.05, 3.63) is 71.2 Å². The average Bonchev–Trinajstić information content (AvgIpc) is 3.54. The number of anilines is 1. The first-order valence-electron chi connectivity index (χ1n) is 11.2. The lowest BCUT2D eigenvalue weighted by Crippen LogP contribution is -2.35. The van der Waals surface area contributed by atoms with Gasteiger partial charge in [-0.1, -0.05) is 18.2 Å². The minimum absolute atomic E-state index is 0.0320. The first-order valence-corrected chi connectivity index (χ1v) is 11.2. The normalized spacial score (nSPS) is 17.6. The fourth-order valence-electron chi connectivity index (χ4n) is 4.67. The molecule has 2 aliphatic heterocycles. The zero-order valence-electron chi connectivity index (χ0n) is 18.4. The van der Waals surface area contributed by atoms with Gasteiger partial charge in [-0.3, -0.25) is 19.2 Å². The van der Waals surface area contributed by atoms with E-state index >= 15 is 0 Å². The minimum Gasteiger partial charge on any atom is -0.331 e. The summed E-state index contributed by atoms with van der Waals surface area (Å²) in [6.45, 7) is 3.03. The molecule has 0 N–H and O–H groups in total. The molecule has 3 aromatic rings. The molecule has 0 bridgehead atoms. The number of likely N-dealkylation sites (tertiary alicyclic amines) is 1. The molecule has 4 heterocycles. The molecule has 1 fully saturated rings. The maximum atomic E-state index is 14.1. The van der Waals surface area contributed by atoms with Gasteiger partial charge in [0.05, 0.1) is 12.5 Å². The molecule has 33 heavy (non-hydrogen) atoms. The van der Waals surface area contributed by atoms with Crippen molar-refractivity contribution in [2.24, 2.45) is 0 Å². The molecule has 0 unspecified atom stereocenters. The lowest BCUT2D eigenvalue weighted by atomic mass is 10.1. The zero-order valence-corrected chi connectivity index (χ0v) is 18.4. The molecule has 0 aliphatic carbocycles. The highest BCUT2D eigenvalue weighted by atomic mass is 19.1. The third-order valence-electron chi connectivity index (χ3n) is 6.38. The fourth-order valence-corrected chi connectivity index (χ4v) is 4.67. The van der Waals surface area contributed by atoms with E-state index in [-0.39, 0.29) is 36.6 Å². The Balaban J connectivity index is 1.39. The maximum absolute atomic E-state index is 14.1. The first-order chi connectivity index (χ1) is 16.0. The van der Waals surface area contributed by atoms with Gasteiger partial charge in [-0.25, -0.2) is 14.4 Å². The number of rotatable bonds is 6. The third-order valence-corrected chi connectivity index (χ3v) is 6.38. The van der Waals surface area contributed by atoms with E-state index in [0.717, 1.165) is 24.1 Å². The number of carbonyl (C=O) groups excluding carboxylic acids is 2. The molecule has 2 aliphatic rings. The summed E-state index contributed by atoms with van der Waals surface area (Å²) in [6, 6.07) is 8.15. The number of aryl methyl sites for hydroxylation is 1. The van der Waals surface area contributed by atoms with Crippen LogP contribution in [0.4, 0.5) is 10.2 Å². The van der Waals surface area contributed by atoms with Gasteiger partial charge in [-0.15, -0.1) is 0 Å². The number of halogens is 1. The third kappa shape index (κ3) is 4.10. The Bertz CT molecular complexity index is 1200. The van der Waals surface area contributed by atoms with Crippen molar-refractivity contribution in [3.63, 3.8) is 0 Å². The molecule has 0 saturated carbocycles. The second-order valence-corrected chi connectivity index (χ2v) is 8.48. The van der Waals surface area contributed by atoms with Crippen LogP contribution in [-0.2, 0) is 29.0 Å². The highest BCUT2D eigenvalue weighted by molar-refractivity contribution is 6.00. The highest BCUT2D eigenvalue weighted by Gasteiger charge is 2.36. The van der Waals surface area contributed by atoms with Crippen molar-refractivity contribution >= 4 is 17.6 Å². The fraction of sp³-hybridized carbons (Fsp3) is 0.375. The number of aromatic nitrogens is 4. The summed E-state index contributed by atoms with van der Waals surface area (Å²) >= 11 is 0. The number of nitrogens with zero attached hydrogens (tertiary/aromatic N) is 6. The van der Waals surface area contributed by atoms with Crippen molar-refractivity contribution in [2.75, 3.05) is 18.0 Å². The number of hydrogen-bond donors (Lipinski definition) is 0. The topological polar surface area (TPSA) is 84.2 Å². The zero-order chi connectivity index (χ0) is 22.9. The standard InChI is InChI=1S/C24H25FN6O2/c1-16-18-14-21(32)31(13-9-17-6-2-3-7-19(17)25)24(18)28-23(27-16)20-8-4-12-30(20)22(33)15-29-11-5-10-26-29/h2-3,5-7,10-11,20H,4,8-9,12-15H2,1H3/t20-/m0/s1. The van der Waals surface area contributed by atoms with Crippen LogP contribution >= 0.6 is 0 Å². The second-order valence-electron chi connectivity index (χ2n) is 8.48. The van der Waals surface area contributed by atoms with Crippen LogP contribution in [0.1, 0.15) is 41.5 Å². The number of carbonyl (C=O) groups is 2. The number of hydrogen-bond acceptors (Lipinski definition) is 5. The van der Waals surface area contributed by atoms with Gasteiger partial charge in [0.2, 0.25) is 11.8 Å². The molecule has 2 aromatic heterocycles. The maximum Gasteiger partial charge on any atom is 0.244 e. The average molecular weight is 449 g/mol. The van der Waals surface area contributed by atoms with E-state index in [0.29, 0.717) is 36.7 Å². The van der Waals surface area contributed by atoms with Crippen LogP contribution in [0, 0.1) is 12.7 Å². The van der Waals surface area contributed by atoms with Gasteiger partial charge in [0.25, 0.3) is 0 Å². The molecule has 170 valence electrons. The van der Waals surface area contributed by atoms with Crippen molar-refractivity contribution in [2.45, 2.75) is 45.2 Å². The molecule has 1 aromatic carbocycles. The van der Waals surface area contributed by atoms with E-state index in [1.54, 1.807) is 46.2 Å². The van der Waals surface area contributed by atoms with Crippen LogP contribution in [0.5, 0.6) is 0 Å². The van der Waals surface area contributed by atoms with Gasteiger partial charge < -0.3 is 4.90 Å². The Labute approximate surface area is 191 Å². The van der Waals surface area contributed by atoms with Crippen LogP contribution < -0.4 is 4.90 Å². The molecule has 0 spiro atoms. The quantitative estimate of drug-likeness (QED) is 0.579. The molecule has 9 heteroatoms. The van der Waals surface area contributed by atoms with Crippen LogP contribution in [0.15, 0.2) is 42.7 Å². The van der Waals surface area contributed by atoms with Gasteiger partial charge in [0.1, 0.15) is 18.2 Å². The van der Waals surface area contributed by atoms with Gasteiger partial charge in [-0.05, 0) is 43.9 Å². The van der Waals surface area contributed by atoms with Crippen molar-refractivity contribution in [1.82, 2.24) is 24.6 Å². The van der Waals surface area contributed by atoms with Crippen LogP contribution in [-0.4, -0.2) is 49.6 Å². The number of fused-ring (bicyclic) bond motifs is 1. The van der Waals surface area contributed by atoms with Gasteiger partial charge >= 0.3 is 0 Å². The predicted octanol–water partition coefficient (Wildman–Crippen LogP) is 2.62.